The standard InChI is InChI=1S/C25H23Cl2NO5S/c1-3-7-21(29)28-24-22(25(31)32-4-2)23(30)20(34-24)13-15-10-11-19(18(27)12-15)33-14-16-8-5-6-9-17(16)26/h5-6,8-13,30H,3-4,7,14H2,1-2H3/b20-13-,28-24?. The van der Waals surface area contributed by atoms with Gasteiger partial charge in [-0.2, -0.15) is 0 Å². The van der Waals surface area contributed by atoms with E-state index in [0.29, 0.717) is 32.7 Å². The molecule has 1 N–H and O–H groups in total. The van der Waals surface area contributed by atoms with Crippen molar-refractivity contribution in [1.29, 1.82) is 0 Å². The van der Waals surface area contributed by atoms with Gasteiger partial charge >= 0.3 is 5.97 Å². The molecule has 0 bridgehead atoms. The zero-order valence-corrected chi connectivity index (χ0v) is 21.0. The minimum atomic E-state index is -0.736. The molecule has 1 aliphatic heterocycles. The number of rotatable bonds is 8. The van der Waals surface area contributed by atoms with Gasteiger partial charge in [0.15, 0.2) is 0 Å². The van der Waals surface area contributed by atoms with Crippen LogP contribution in [0.2, 0.25) is 10.0 Å². The maximum Gasteiger partial charge on any atom is 0.344 e. The number of esters is 1. The summed E-state index contributed by atoms with van der Waals surface area (Å²) in [4.78, 5) is 28.8. The van der Waals surface area contributed by atoms with E-state index in [2.05, 4.69) is 4.99 Å². The van der Waals surface area contributed by atoms with Crippen molar-refractivity contribution in [2.24, 2.45) is 4.99 Å². The highest BCUT2D eigenvalue weighted by Gasteiger charge is 2.33. The van der Waals surface area contributed by atoms with Crippen molar-refractivity contribution in [2.45, 2.75) is 33.3 Å². The van der Waals surface area contributed by atoms with E-state index in [9.17, 15) is 14.7 Å². The molecule has 0 aliphatic carbocycles. The average Bonchev–Trinajstić information content (AvgIpc) is 3.09. The van der Waals surface area contributed by atoms with Crippen LogP contribution in [0, 0.1) is 0 Å². The lowest BCUT2D eigenvalue weighted by atomic mass is 10.1. The van der Waals surface area contributed by atoms with Crippen LogP contribution in [0.1, 0.15) is 37.8 Å². The number of benzene rings is 2. The average molecular weight is 520 g/mol. The quantitative estimate of drug-likeness (QED) is 0.387. The summed E-state index contributed by atoms with van der Waals surface area (Å²) in [5.74, 6) is -0.923. The Hall–Kier alpha value is -2.74. The second-order valence-electron chi connectivity index (χ2n) is 7.19. The Labute approximate surface area is 212 Å². The monoisotopic (exact) mass is 519 g/mol. The van der Waals surface area contributed by atoms with Crippen molar-refractivity contribution in [3.8, 4) is 5.75 Å². The van der Waals surface area contributed by atoms with E-state index < -0.39 is 5.97 Å². The van der Waals surface area contributed by atoms with Crippen LogP contribution in [0.15, 0.2) is 63.7 Å². The van der Waals surface area contributed by atoms with Crippen LogP contribution < -0.4 is 4.74 Å². The van der Waals surface area contributed by atoms with Gasteiger partial charge in [-0.05, 0) is 43.2 Å². The van der Waals surface area contributed by atoms with Gasteiger partial charge < -0.3 is 14.6 Å². The lowest BCUT2D eigenvalue weighted by Crippen LogP contribution is -2.14. The Balaban J connectivity index is 1.84. The van der Waals surface area contributed by atoms with E-state index in [0.717, 1.165) is 17.3 Å². The van der Waals surface area contributed by atoms with Crippen molar-refractivity contribution in [1.82, 2.24) is 0 Å². The van der Waals surface area contributed by atoms with E-state index in [1.807, 2.05) is 25.1 Å². The Morgan fingerprint density at radius 3 is 2.56 bits per heavy atom. The van der Waals surface area contributed by atoms with Crippen LogP contribution in [0.25, 0.3) is 6.08 Å². The molecule has 1 amide bonds. The third-order valence-electron chi connectivity index (χ3n) is 4.66. The Bertz CT molecular complexity index is 1190. The van der Waals surface area contributed by atoms with Crippen LogP contribution in [0.4, 0.5) is 0 Å². The highest BCUT2D eigenvalue weighted by atomic mass is 35.5. The Morgan fingerprint density at radius 1 is 1.12 bits per heavy atom. The van der Waals surface area contributed by atoms with E-state index in [1.54, 1.807) is 37.3 Å². The van der Waals surface area contributed by atoms with Gasteiger partial charge in [-0.25, -0.2) is 9.79 Å². The number of aliphatic imine (C=N–C) groups is 1. The number of aliphatic hydroxyl groups is 1. The molecule has 3 rings (SSSR count). The molecule has 0 atom stereocenters. The number of carbonyl (C=O) groups is 2. The zero-order valence-electron chi connectivity index (χ0n) is 18.6. The first-order valence-corrected chi connectivity index (χ1v) is 12.2. The molecule has 0 unspecified atom stereocenters. The Kier molecular flexibility index (Phi) is 9.21. The van der Waals surface area contributed by atoms with E-state index in [-0.39, 0.29) is 41.9 Å². The van der Waals surface area contributed by atoms with E-state index >= 15 is 0 Å². The molecule has 9 heteroatoms. The number of aliphatic hydroxyl groups excluding tert-OH is 1. The first-order valence-electron chi connectivity index (χ1n) is 10.6. The zero-order chi connectivity index (χ0) is 24.7. The molecule has 0 fully saturated rings. The fourth-order valence-electron chi connectivity index (χ4n) is 3.02. The largest absolute Gasteiger partial charge is 0.506 e. The second kappa shape index (κ2) is 12.1. The van der Waals surface area contributed by atoms with Gasteiger partial charge in [-0.1, -0.05) is 66.2 Å². The van der Waals surface area contributed by atoms with E-state index in [4.69, 9.17) is 32.7 Å². The fraction of sp³-hybridized carbons (Fsp3) is 0.240. The Morgan fingerprint density at radius 2 is 1.88 bits per heavy atom. The van der Waals surface area contributed by atoms with Crippen molar-refractivity contribution in [3.63, 3.8) is 0 Å². The number of ether oxygens (including phenoxy) is 2. The van der Waals surface area contributed by atoms with Crippen molar-refractivity contribution in [2.75, 3.05) is 6.61 Å². The summed E-state index contributed by atoms with van der Waals surface area (Å²) < 4.78 is 10.8. The van der Waals surface area contributed by atoms with Crippen LogP contribution in [-0.2, 0) is 20.9 Å². The van der Waals surface area contributed by atoms with Gasteiger partial charge in [-0.15, -0.1) is 0 Å². The predicted molar refractivity (Wildman–Crippen MR) is 136 cm³/mol. The van der Waals surface area contributed by atoms with Crippen LogP contribution in [0.5, 0.6) is 5.75 Å². The number of amides is 1. The molecular formula is C25H23Cl2NO5S. The van der Waals surface area contributed by atoms with Gasteiger partial charge in [0.25, 0.3) is 0 Å². The molecule has 6 nitrogen and oxygen atoms in total. The third kappa shape index (κ3) is 6.44. The van der Waals surface area contributed by atoms with Gasteiger partial charge in [-0.3, -0.25) is 4.79 Å². The maximum atomic E-state index is 12.4. The normalized spacial score (nSPS) is 15.8. The topological polar surface area (TPSA) is 85.2 Å². The second-order valence-corrected chi connectivity index (χ2v) is 9.03. The molecule has 0 spiro atoms. The predicted octanol–water partition coefficient (Wildman–Crippen LogP) is 6.76. The van der Waals surface area contributed by atoms with Crippen molar-refractivity contribution >= 4 is 58.0 Å². The molecule has 178 valence electrons. The molecule has 0 radical (unpaired) electrons. The first kappa shape index (κ1) is 25.9. The molecule has 0 saturated carbocycles. The molecule has 1 heterocycles. The summed E-state index contributed by atoms with van der Waals surface area (Å²) in [5, 5.41) is 11.8. The molecule has 0 saturated heterocycles. The summed E-state index contributed by atoms with van der Waals surface area (Å²) in [6, 6.07) is 12.5. The lowest BCUT2D eigenvalue weighted by molar-refractivity contribution is -0.138. The third-order valence-corrected chi connectivity index (χ3v) is 6.34. The smallest absolute Gasteiger partial charge is 0.344 e. The number of hydrogen-bond donors (Lipinski definition) is 1. The molecule has 1 aliphatic rings. The summed E-state index contributed by atoms with van der Waals surface area (Å²) in [7, 11) is 0. The minimum absolute atomic E-state index is 0.117. The summed E-state index contributed by atoms with van der Waals surface area (Å²) >= 11 is 13.6. The number of halogens is 2. The first-order chi connectivity index (χ1) is 16.3. The van der Waals surface area contributed by atoms with Gasteiger partial charge in [0.2, 0.25) is 5.91 Å². The highest BCUT2D eigenvalue weighted by molar-refractivity contribution is 8.18. The van der Waals surface area contributed by atoms with Gasteiger partial charge in [0, 0.05) is 17.0 Å². The SMILES string of the molecule is CCCC(=O)N=C1S/C(=C\c2ccc(OCc3ccccc3Cl)c(Cl)c2)C(O)=C1C(=O)OCC. The summed E-state index contributed by atoms with van der Waals surface area (Å²) in [5.41, 5.74) is 1.38. The van der Waals surface area contributed by atoms with Crippen LogP contribution in [-0.4, -0.2) is 28.6 Å². The van der Waals surface area contributed by atoms with Gasteiger partial charge in [0.1, 0.15) is 28.7 Å². The molecule has 2 aromatic carbocycles. The van der Waals surface area contributed by atoms with Crippen LogP contribution >= 0.6 is 35.0 Å². The molecule has 0 aromatic heterocycles. The molecular weight excluding hydrogens is 497 g/mol. The minimum Gasteiger partial charge on any atom is -0.506 e. The van der Waals surface area contributed by atoms with Crippen LogP contribution in [0.3, 0.4) is 0 Å². The highest BCUT2D eigenvalue weighted by Crippen LogP contribution is 2.40. The van der Waals surface area contributed by atoms with Gasteiger partial charge in [0.05, 0.1) is 16.5 Å². The van der Waals surface area contributed by atoms with E-state index in [1.165, 1.54) is 0 Å². The van der Waals surface area contributed by atoms with Crippen molar-refractivity contribution < 1.29 is 24.2 Å². The molecule has 34 heavy (non-hydrogen) atoms. The number of carbonyl (C=O) groups excluding carboxylic acids is 2. The number of nitrogens with zero attached hydrogens (tertiary/aromatic N) is 1. The van der Waals surface area contributed by atoms with Crippen molar-refractivity contribution in [3.05, 3.63) is 79.9 Å². The number of hydrogen-bond acceptors (Lipinski definition) is 6. The number of thioether (sulfide) groups is 1. The summed E-state index contributed by atoms with van der Waals surface area (Å²) in [6.45, 7) is 3.90. The maximum absolute atomic E-state index is 12.4. The fourth-order valence-corrected chi connectivity index (χ4v) is 4.49. The summed E-state index contributed by atoms with van der Waals surface area (Å²) in [6.07, 6.45) is 2.51. The lowest BCUT2D eigenvalue weighted by Gasteiger charge is -2.10. The molecule has 2 aromatic rings.